The number of para-hydroxylation sites is 1. The lowest BCUT2D eigenvalue weighted by Gasteiger charge is -2.40. The van der Waals surface area contributed by atoms with Gasteiger partial charge < -0.3 is 10.6 Å². The Morgan fingerprint density at radius 2 is 2.12 bits per heavy atom. The summed E-state index contributed by atoms with van der Waals surface area (Å²) in [4.78, 5) is 18.8. The van der Waals surface area contributed by atoms with Gasteiger partial charge in [0.15, 0.2) is 5.65 Å². The predicted molar refractivity (Wildman–Crippen MR) is 102 cm³/mol. The lowest BCUT2D eigenvalue weighted by Crippen LogP contribution is -2.41. The molecule has 2 N–H and O–H groups in total. The van der Waals surface area contributed by atoms with Crippen LogP contribution in [0.4, 0.5) is 5.69 Å². The highest BCUT2D eigenvalue weighted by molar-refractivity contribution is 5.85. The summed E-state index contributed by atoms with van der Waals surface area (Å²) in [6.45, 7) is 4.89. The van der Waals surface area contributed by atoms with E-state index in [-0.39, 0.29) is 17.9 Å². The van der Waals surface area contributed by atoms with E-state index in [9.17, 15) is 4.79 Å². The summed E-state index contributed by atoms with van der Waals surface area (Å²) in [6.07, 6.45) is 2.65. The number of carbonyl (C=O) groups excluding carboxylic acids is 1. The molecule has 2 unspecified atom stereocenters. The van der Waals surface area contributed by atoms with Crippen LogP contribution in [0.5, 0.6) is 0 Å². The van der Waals surface area contributed by atoms with Crippen LogP contribution in [-0.4, -0.2) is 26.7 Å². The molecule has 0 saturated carbocycles. The molecule has 0 radical (unpaired) electrons. The predicted octanol–water partition coefficient (Wildman–Crippen LogP) is 2.64. The smallest absolute Gasteiger partial charge is 0.225 e. The van der Waals surface area contributed by atoms with E-state index in [0.717, 1.165) is 46.5 Å². The molecule has 1 aromatic carbocycles. The van der Waals surface area contributed by atoms with E-state index >= 15 is 0 Å². The number of hydrogen-bond donors (Lipinski definition) is 1. The minimum absolute atomic E-state index is 0.216. The Morgan fingerprint density at radius 3 is 2.88 bits per heavy atom. The summed E-state index contributed by atoms with van der Waals surface area (Å²) >= 11 is 0. The van der Waals surface area contributed by atoms with Crippen molar-refractivity contribution in [3.63, 3.8) is 0 Å². The third-order valence-electron chi connectivity index (χ3n) is 5.35. The van der Waals surface area contributed by atoms with Gasteiger partial charge in [0.2, 0.25) is 5.91 Å². The molecule has 1 aliphatic rings. The van der Waals surface area contributed by atoms with Gasteiger partial charge in [-0.25, -0.2) is 4.98 Å². The Kier molecular flexibility index (Phi) is 3.90. The summed E-state index contributed by atoms with van der Waals surface area (Å²) in [5, 5.41) is 5.53. The number of aryl methyl sites for hydroxylation is 2. The zero-order valence-corrected chi connectivity index (χ0v) is 15.3. The largest absolute Gasteiger partial charge is 0.369 e. The third kappa shape index (κ3) is 2.62. The van der Waals surface area contributed by atoms with Crippen molar-refractivity contribution in [2.45, 2.75) is 38.8 Å². The molecule has 1 amide bonds. The van der Waals surface area contributed by atoms with Crippen LogP contribution < -0.4 is 10.6 Å². The van der Waals surface area contributed by atoms with E-state index < -0.39 is 0 Å². The van der Waals surface area contributed by atoms with Gasteiger partial charge in [0.05, 0.1) is 11.6 Å². The number of nitrogens with zero attached hydrogens (tertiary/aromatic N) is 4. The van der Waals surface area contributed by atoms with Crippen LogP contribution in [0.2, 0.25) is 0 Å². The van der Waals surface area contributed by atoms with Crippen LogP contribution >= 0.6 is 0 Å². The lowest BCUT2D eigenvalue weighted by molar-refractivity contribution is -0.119. The molecule has 26 heavy (non-hydrogen) atoms. The Labute approximate surface area is 152 Å². The molecule has 0 spiro atoms. The van der Waals surface area contributed by atoms with Gasteiger partial charge in [-0.1, -0.05) is 18.2 Å². The van der Waals surface area contributed by atoms with Crippen LogP contribution in [0, 0.1) is 6.92 Å². The number of nitrogens with two attached hydrogens (primary N) is 1. The van der Waals surface area contributed by atoms with Crippen molar-refractivity contribution in [2.24, 2.45) is 12.8 Å². The fraction of sp³-hybridized carbons (Fsp3) is 0.350. The van der Waals surface area contributed by atoms with Crippen LogP contribution in [0.25, 0.3) is 11.0 Å². The Hall–Kier alpha value is -2.89. The van der Waals surface area contributed by atoms with Crippen molar-refractivity contribution in [3.05, 3.63) is 53.3 Å². The summed E-state index contributed by atoms with van der Waals surface area (Å²) in [5.41, 5.74) is 10.8. The van der Waals surface area contributed by atoms with Crippen LogP contribution in [-0.2, 0) is 18.4 Å². The zero-order valence-electron chi connectivity index (χ0n) is 15.3. The van der Waals surface area contributed by atoms with E-state index in [4.69, 9.17) is 5.73 Å². The molecule has 3 aromatic rings. The third-order valence-corrected chi connectivity index (χ3v) is 5.35. The maximum atomic E-state index is 11.9. The van der Waals surface area contributed by atoms with Crippen molar-refractivity contribution >= 4 is 22.6 Å². The van der Waals surface area contributed by atoms with Crippen molar-refractivity contribution in [2.75, 3.05) is 4.90 Å². The molecule has 2 atom stereocenters. The van der Waals surface area contributed by atoms with Gasteiger partial charge in [0.25, 0.3) is 0 Å². The standard InChI is InChI=1S/C20H23N5O/c1-12-8-17(19(21)26)15-6-4-5-7-18(15)25(12)11-14-9-16-13(2)23-24(3)20(16)22-10-14/h4-7,9-10,12,17H,8,11H2,1-3H3,(H2,21,26). The minimum Gasteiger partial charge on any atom is -0.369 e. The first-order valence-electron chi connectivity index (χ1n) is 8.89. The van der Waals surface area contributed by atoms with Gasteiger partial charge in [0, 0.05) is 36.9 Å². The van der Waals surface area contributed by atoms with Gasteiger partial charge in [-0.2, -0.15) is 5.10 Å². The summed E-state index contributed by atoms with van der Waals surface area (Å²) in [5.74, 6) is -0.475. The van der Waals surface area contributed by atoms with E-state index in [1.54, 1.807) is 0 Å². The van der Waals surface area contributed by atoms with Crippen molar-refractivity contribution in [3.8, 4) is 0 Å². The molecule has 0 fully saturated rings. The summed E-state index contributed by atoms with van der Waals surface area (Å²) in [6, 6.07) is 10.4. The van der Waals surface area contributed by atoms with Gasteiger partial charge in [-0.3, -0.25) is 9.48 Å². The number of primary amides is 1. The number of rotatable bonds is 3. The highest BCUT2D eigenvalue weighted by Gasteiger charge is 2.32. The maximum Gasteiger partial charge on any atom is 0.225 e. The van der Waals surface area contributed by atoms with Gasteiger partial charge in [-0.15, -0.1) is 0 Å². The molecule has 1 aliphatic heterocycles. The Balaban J connectivity index is 1.72. The fourth-order valence-corrected chi connectivity index (χ4v) is 4.02. The average Bonchev–Trinajstić information content (AvgIpc) is 2.90. The SMILES string of the molecule is Cc1nn(C)c2ncc(CN3c4ccccc4C(C(N)=O)CC3C)cc12. The first-order chi connectivity index (χ1) is 12.5. The second-order valence-electron chi connectivity index (χ2n) is 7.15. The molecule has 134 valence electrons. The van der Waals surface area contributed by atoms with Crippen molar-refractivity contribution in [1.29, 1.82) is 0 Å². The number of benzene rings is 1. The monoisotopic (exact) mass is 349 g/mol. The van der Waals surface area contributed by atoms with Crippen LogP contribution in [0.1, 0.15) is 36.1 Å². The maximum absolute atomic E-state index is 11.9. The second-order valence-corrected chi connectivity index (χ2v) is 7.15. The highest BCUT2D eigenvalue weighted by Crippen LogP contribution is 2.39. The number of fused-ring (bicyclic) bond motifs is 2. The first kappa shape index (κ1) is 16.6. The van der Waals surface area contributed by atoms with E-state index in [0.29, 0.717) is 0 Å². The molecule has 4 rings (SSSR count). The van der Waals surface area contributed by atoms with E-state index in [2.05, 4.69) is 34.0 Å². The summed E-state index contributed by atoms with van der Waals surface area (Å²) in [7, 11) is 1.91. The molecule has 3 heterocycles. The summed E-state index contributed by atoms with van der Waals surface area (Å²) < 4.78 is 1.81. The molecule has 0 saturated heterocycles. The number of aromatic nitrogens is 3. The molecule has 0 aliphatic carbocycles. The molecule has 2 aromatic heterocycles. The number of carbonyl (C=O) groups is 1. The molecular formula is C20H23N5O. The Bertz CT molecular complexity index is 993. The number of hydrogen-bond acceptors (Lipinski definition) is 4. The van der Waals surface area contributed by atoms with Crippen molar-refractivity contribution < 1.29 is 4.79 Å². The molecular weight excluding hydrogens is 326 g/mol. The number of anilines is 1. The van der Waals surface area contributed by atoms with Gasteiger partial charge in [-0.05, 0) is 43.5 Å². The van der Waals surface area contributed by atoms with Crippen LogP contribution in [0.3, 0.4) is 0 Å². The first-order valence-corrected chi connectivity index (χ1v) is 8.89. The van der Waals surface area contributed by atoms with Gasteiger partial charge >= 0.3 is 0 Å². The van der Waals surface area contributed by atoms with E-state index in [1.165, 1.54) is 0 Å². The second kappa shape index (κ2) is 6.12. The minimum atomic E-state index is -0.252. The zero-order chi connectivity index (χ0) is 18.4. The number of amides is 1. The normalized spacial score (nSPS) is 19.6. The van der Waals surface area contributed by atoms with Crippen LogP contribution in [0.15, 0.2) is 36.5 Å². The fourth-order valence-electron chi connectivity index (χ4n) is 4.02. The lowest BCUT2D eigenvalue weighted by atomic mass is 9.85. The molecule has 0 bridgehead atoms. The number of pyridine rings is 1. The average molecular weight is 349 g/mol. The highest BCUT2D eigenvalue weighted by atomic mass is 16.1. The van der Waals surface area contributed by atoms with Gasteiger partial charge in [0.1, 0.15) is 0 Å². The molecule has 6 nitrogen and oxygen atoms in total. The van der Waals surface area contributed by atoms with Crippen molar-refractivity contribution in [1.82, 2.24) is 14.8 Å². The molecule has 6 heteroatoms. The Morgan fingerprint density at radius 1 is 1.35 bits per heavy atom. The quantitative estimate of drug-likeness (QED) is 0.788. The van der Waals surface area contributed by atoms with E-state index in [1.807, 2.05) is 43.0 Å². The topological polar surface area (TPSA) is 77.0 Å².